The molecule has 1 aliphatic heterocycles. The summed E-state index contributed by atoms with van der Waals surface area (Å²) in [5, 5.41) is 6.58. The molecule has 1 aromatic heterocycles. The van der Waals surface area contributed by atoms with Gasteiger partial charge in [-0.15, -0.1) is 0 Å². The highest BCUT2D eigenvalue weighted by atomic mass is 19.1. The zero-order valence-corrected chi connectivity index (χ0v) is 17.2. The Balaban J connectivity index is 1.60. The van der Waals surface area contributed by atoms with E-state index in [0.29, 0.717) is 25.6 Å². The monoisotopic (exact) mass is 403 g/mol. The minimum absolute atomic E-state index is 0.0295. The number of aromatic nitrogens is 1. The number of nitrogens with one attached hydrogen (secondary N) is 2. The Hall–Kier alpha value is -2.90. The molecule has 3 rings (SSSR count). The van der Waals surface area contributed by atoms with Crippen molar-refractivity contribution < 1.29 is 13.5 Å². The minimum Gasteiger partial charge on any atom is -0.496 e. The summed E-state index contributed by atoms with van der Waals surface area (Å²) in [5.74, 6) is 0.371. The van der Waals surface area contributed by atoms with Crippen LogP contribution in [0.3, 0.4) is 0 Å². The van der Waals surface area contributed by atoms with Gasteiger partial charge in [0.1, 0.15) is 23.1 Å². The number of aliphatic imine (C=N–C) groups is 1. The van der Waals surface area contributed by atoms with Crippen molar-refractivity contribution in [2.45, 2.75) is 32.9 Å². The molecular weight excluding hydrogens is 376 g/mol. The van der Waals surface area contributed by atoms with Crippen LogP contribution in [0.15, 0.2) is 29.4 Å². The number of ether oxygens (including phenoxy) is 1. The van der Waals surface area contributed by atoms with E-state index in [0.717, 1.165) is 29.0 Å². The smallest absolute Gasteiger partial charge is 0.191 e. The van der Waals surface area contributed by atoms with Crippen LogP contribution in [-0.4, -0.2) is 44.2 Å². The average Bonchev–Trinajstić information content (AvgIpc) is 3.14. The van der Waals surface area contributed by atoms with Gasteiger partial charge in [-0.05, 0) is 32.4 Å². The summed E-state index contributed by atoms with van der Waals surface area (Å²) < 4.78 is 33.5. The van der Waals surface area contributed by atoms with Crippen molar-refractivity contribution in [3.8, 4) is 5.75 Å². The summed E-state index contributed by atoms with van der Waals surface area (Å²) in [6.45, 7) is 5.49. The maximum absolute atomic E-state index is 14.0. The summed E-state index contributed by atoms with van der Waals surface area (Å²) in [6, 6.07) is 3.97. The summed E-state index contributed by atoms with van der Waals surface area (Å²) >= 11 is 0. The Morgan fingerprint density at radius 1 is 1.31 bits per heavy atom. The number of para-hydroxylation sites is 1. The molecule has 0 spiro atoms. The second-order valence-electron chi connectivity index (χ2n) is 7.12. The highest BCUT2D eigenvalue weighted by Crippen LogP contribution is 2.27. The van der Waals surface area contributed by atoms with E-state index in [1.807, 2.05) is 13.8 Å². The third-order valence-electron chi connectivity index (χ3n) is 5.18. The normalized spacial score (nSPS) is 16.8. The number of nitrogens with zero attached hydrogens (tertiary/aromatic N) is 3. The number of guanidine groups is 1. The molecule has 156 valence electrons. The van der Waals surface area contributed by atoms with Crippen LogP contribution in [0, 0.1) is 25.5 Å². The maximum Gasteiger partial charge on any atom is 0.191 e. The molecule has 1 fully saturated rings. The molecule has 0 saturated carbocycles. The van der Waals surface area contributed by atoms with Gasteiger partial charge in [-0.25, -0.2) is 8.78 Å². The number of benzene rings is 1. The molecule has 0 aliphatic carbocycles. The first-order valence-corrected chi connectivity index (χ1v) is 9.59. The van der Waals surface area contributed by atoms with Crippen molar-refractivity contribution >= 4 is 11.6 Å². The van der Waals surface area contributed by atoms with E-state index in [4.69, 9.17) is 4.74 Å². The van der Waals surface area contributed by atoms with E-state index in [1.54, 1.807) is 25.3 Å². The molecule has 1 aromatic carbocycles. The first-order valence-electron chi connectivity index (χ1n) is 9.59. The first-order chi connectivity index (χ1) is 13.9. The lowest BCUT2D eigenvalue weighted by molar-refractivity contribution is 0.406. The highest BCUT2D eigenvalue weighted by Gasteiger charge is 2.27. The van der Waals surface area contributed by atoms with Crippen LogP contribution in [0.4, 0.5) is 14.5 Å². The molecule has 1 atom stereocenters. The van der Waals surface area contributed by atoms with Gasteiger partial charge < -0.3 is 20.3 Å². The Bertz CT molecular complexity index is 883. The van der Waals surface area contributed by atoms with Crippen LogP contribution in [-0.2, 0) is 6.54 Å². The number of anilines is 1. The van der Waals surface area contributed by atoms with Crippen molar-refractivity contribution in [1.82, 2.24) is 15.6 Å². The fraction of sp³-hybridized carbons (Fsp3) is 0.429. The number of aryl methyl sites for hydroxylation is 1. The van der Waals surface area contributed by atoms with Gasteiger partial charge in [-0.1, -0.05) is 6.07 Å². The zero-order valence-electron chi connectivity index (χ0n) is 17.2. The van der Waals surface area contributed by atoms with E-state index in [1.165, 1.54) is 18.2 Å². The molecule has 1 saturated heterocycles. The van der Waals surface area contributed by atoms with Crippen molar-refractivity contribution in [3.63, 3.8) is 0 Å². The van der Waals surface area contributed by atoms with Crippen molar-refractivity contribution in [3.05, 3.63) is 52.9 Å². The van der Waals surface area contributed by atoms with Gasteiger partial charge in [0, 0.05) is 43.5 Å². The predicted molar refractivity (Wildman–Crippen MR) is 111 cm³/mol. The minimum atomic E-state index is -0.539. The van der Waals surface area contributed by atoms with Crippen LogP contribution in [0.1, 0.15) is 23.2 Å². The largest absolute Gasteiger partial charge is 0.496 e. The van der Waals surface area contributed by atoms with E-state index < -0.39 is 11.6 Å². The van der Waals surface area contributed by atoms with E-state index in [2.05, 4.69) is 20.6 Å². The summed E-state index contributed by atoms with van der Waals surface area (Å²) in [6.07, 6.45) is 2.54. The average molecular weight is 403 g/mol. The van der Waals surface area contributed by atoms with E-state index in [9.17, 15) is 8.78 Å². The standard InChI is InChI=1S/C21H27F2N5O/c1-13-10-25-18(14(2)20(13)29-4)11-26-21(24-3)27-15-8-9-28(12-15)19-16(22)6-5-7-17(19)23/h5-7,10,15H,8-9,11-12H2,1-4H3,(H2,24,26,27). The maximum atomic E-state index is 14.0. The SMILES string of the molecule is CN=C(NCc1ncc(C)c(OC)c1C)NC1CCN(c2c(F)cccc2F)C1. The van der Waals surface area contributed by atoms with Gasteiger partial charge in [0.25, 0.3) is 0 Å². The predicted octanol–water partition coefficient (Wildman–Crippen LogP) is 2.93. The second kappa shape index (κ2) is 9.07. The number of methoxy groups -OCH3 is 1. The van der Waals surface area contributed by atoms with Crippen molar-refractivity contribution in [2.75, 3.05) is 32.1 Å². The van der Waals surface area contributed by atoms with Crippen molar-refractivity contribution in [2.24, 2.45) is 4.99 Å². The number of hydrogen-bond acceptors (Lipinski definition) is 4. The Kier molecular flexibility index (Phi) is 6.51. The summed E-state index contributed by atoms with van der Waals surface area (Å²) in [4.78, 5) is 10.5. The molecule has 1 aliphatic rings. The van der Waals surface area contributed by atoms with Gasteiger partial charge in [0.05, 0.1) is 19.3 Å². The Morgan fingerprint density at radius 3 is 2.69 bits per heavy atom. The van der Waals surface area contributed by atoms with E-state index in [-0.39, 0.29) is 11.7 Å². The third-order valence-corrected chi connectivity index (χ3v) is 5.18. The lowest BCUT2D eigenvalue weighted by atomic mass is 10.1. The summed E-state index contributed by atoms with van der Waals surface area (Å²) in [5.41, 5.74) is 2.88. The third kappa shape index (κ3) is 4.58. The van der Waals surface area contributed by atoms with Gasteiger partial charge in [0.2, 0.25) is 0 Å². The number of rotatable bonds is 5. The molecule has 2 N–H and O–H groups in total. The lowest BCUT2D eigenvalue weighted by Crippen LogP contribution is -2.44. The summed E-state index contributed by atoms with van der Waals surface area (Å²) in [7, 11) is 3.34. The van der Waals surface area contributed by atoms with Crippen molar-refractivity contribution in [1.29, 1.82) is 0 Å². The van der Waals surface area contributed by atoms with Crippen LogP contribution >= 0.6 is 0 Å². The Morgan fingerprint density at radius 2 is 2.03 bits per heavy atom. The number of pyridine rings is 1. The van der Waals surface area contributed by atoms with Gasteiger partial charge >= 0.3 is 0 Å². The highest BCUT2D eigenvalue weighted by molar-refractivity contribution is 5.80. The van der Waals surface area contributed by atoms with Crippen LogP contribution < -0.4 is 20.3 Å². The second-order valence-corrected chi connectivity index (χ2v) is 7.12. The molecule has 8 heteroatoms. The van der Waals surface area contributed by atoms with Gasteiger partial charge in [0.15, 0.2) is 5.96 Å². The topological polar surface area (TPSA) is 61.8 Å². The fourth-order valence-corrected chi connectivity index (χ4v) is 3.68. The molecule has 1 unspecified atom stereocenters. The quantitative estimate of drug-likeness (QED) is 0.594. The van der Waals surface area contributed by atoms with Gasteiger partial charge in [-0.3, -0.25) is 9.98 Å². The molecule has 0 bridgehead atoms. The van der Waals surface area contributed by atoms with Crippen LogP contribution in [0.2, 0.25) is 0 Å². The Labute approximate surface area is 170 Å². The lowest BCUT2D eigenvalue weighted by Gasteiger charge is -2.21. The molecule has 0 radical (unpaired) electrons. The molecule has 6 nitrogen and oxygen atoms in total. The number of hydrogen-bond donors (Lipinski definition) is 2. The van der Waals surface area contributed by atoms with Crippen LogP contribution in [0.25, 0.3) is 0 Å². The fourth-order valence-electron chi connectivity index (χ4n) is 3.68. The molecular formula is C21H27F2N5O. The van der Waals surface area contributed by atoms with Gasteiger partial charge in [-0.2, -0.15) is 0 Å². The number of halogens is 2. The molecule has 29 heavy (non-hydrogen) atoms. The van der Waals surface area contributed by atoms with Crippen LogP contribution in [0.5, 0.6) is 5.75 Å². The molecule has 0 amide bonds. The zero-order chi connectivity index (χ0) is 21.0. The molecule has 2 aromatic rings. The first kappa shape index (κ1) is 20.8. The molecule has 2 heterocycles. The van der Waals surface area contributed by atoms with E-state index >= 15 is 0 Å².